The van der Waals surface area contributed by atoms with Gasteiger partial charge in [0.05, 0.1) is 11.0 Å². The van der Waals surface area contributed by atoms with Gasteiger partial charge in [0, 0.05) is 12.1 Å². The van der Waals surface area contributed by atoms with Gasteiger partial charge in [-0.3, -0.25) is 4.90 Å². The molecule has 3 nitrogen and oxygen atoms in total. The zero-order valence-electron chi connectivity index (χ0n) is 10.5. The molecule has 2 rings (SSSR count). The Bertz CT molecular complexity index is 483. The molecular weight excluding hydrogens is 234 g/mol. The quantitative estimate of drug-likeness (QED) is 0.825. The van der Waals surface area contributed by atoms with E-state index in [9.17, 15) is 8.42 Å². The van der Waals surface area contributed by atoms with Crippen LogP contribution in [0.3, 0.4) is 0 Å². The molecule has 0 N–H and O–H groups in total. The lowest BCUT2D eigenvalue weighted by Gasteiger charge is -2.43. The minimum atomic E-state index is -2.81. The number of hydrogen-bond donors (Lipinski definition) is 0. The smallest absolute Gasteiger partial charge is 0.156 e. The van der Waals surface area contributed by atoms with E-state index in [0.717, 1.165) is 0 Å². The van der Waals surface area contributed by atoms with Gasteiger partial charge in [0.25, 0.3) is 0 Å². The highest BCUT2D eigenvalue weighted by Gasteiger charge is 2.45. The Kier molecular flexibility index (Phi) is 3.27. The van der Waals surface area contributed by atoms with E-state index in [1.54, 1.807) is 6.92 Å². The first-order valence-electron chi connectivity index (χ1n) is 5.92. The number of nitrogens with zero attached hydrogens (tertiary/aromatic N) is 1. The Morgan fingerprint density at radius 1 is 1.29 bits per heavy atom. The van der Waals surface area contributed by atoms with Gasteiger partial charge < -0.3 is 0 Å². The maximum atomic E-state index is 11.5. The second-order valence-corrected chi connectivity index (χ2v) is 7.26. The van der Waals surface area contributed by atoms with E-state index in [-0.39, 0.29) is 17.3 Å². The van der Waals surface area contributed by atoms with E-state index in [4.69, 9.17) is 0 Å². The fourth-order valence-corrected chi connectivity index (χ4v) is 4.06. The highest BCUT2D eigenvalue weighted by Crippen LogP contribution is 2.30. The first-order valence-corrected chi connectivity index (χ1v) is 7.63. The van der Waals surface area contributed by atoms with E-state index in [0.29, 0.717) is 5.75 Å². The van der Waals surface area contributed by atoms with Crippen LogP contribution < -0.4 is 0 Å². The lowest BCUT2D eigenvalue weighted by atomic mass is 10.0. The lowest BCUT2D eigenvalue weighted by molar-refractivity contribution is 0.182. The second kappa shape index (κ2) is 4.42. The molecule has 1 saturated heterocycles. The highest BCUT2D eigenvalue weighted by atomic mass is 32.2. The van der Waals surface area contributed by atoms with Gasteiger partial charge in [-0.1, -0.05) is 30.3 Å². The Morgan fingerprint density at radius 2 is 1.88 bits per heavy atom. The summed E-state index contributed by atoms with van der Waals surface area (Å²) in [7, 11) is -0.804. The molecule has 0 aromatic heterocycles. The largest absolute Gasteiger partial charge is 0.294 e. The summed E-state index contributed by atoms with van der Waals surface area (Å²) in [4.78, 5) is 2.17. The van der Waals surface area contributed by atoms with Gasteiger partial charge in [0.2, 0.25) is 0 Å². The van der Waals surface area contributed by atoms with Crippen molar-refractivity contribution in [3.05, 3.63) is 35.9 Å². The molecule has 1 fully saturated rings. The molecule has 0 spiro atoms. The molecule has 0 unspecified atom stereocenters. The maximum absolute atomic E-state index is 11.5. The molecule has 1 heterocycles. The first kappa shape index (κ1) is 12.6. The molecule has 0 amide bonds. The molecular formula is C13H19NO2S. The standard InChI is InChI=1S/C13H19NO2S/c1-10(12-7-5-4-6-8-12)14(3)13-9-17(15,16)11(13)2/h4-8,10-11,13H,9H2,1-3H3/t10-,11+,13-/m0/s1. The van der Waals surface area contributed by atoms with Gasteiger partial charge in [-0.15, -0.1) is 0 Å². The molecule has 94 valence electrons. The van der Waals surface area contributed by atoms with E-state index >= 15 is 0 Å². The van der Waals surface area contributed by atoms with E-state index in [1.165, 1.54) is 5.56 Å². The van der Waals surface area contributed by atoms with E-state index in [1.807, 2.05) is 25.2 Å². The van der Waals surface area contributed by atoms with E-state index in [2.05, 4.69) is 24.0 Å². The summed E-state index contributed by atoms with van der Waals surface area (Å²) in [5.74, 6) is 0.293. The van der Waals surface area contributed by atoms with Crippen LogP contribution in [0.1, 0.15) is 25.5 Å². The summed E-state index contributed by atoms with van der Waals surface area (Å²) in [6.45, 7) is 3.92. The van der Waals surface area contributed by atoms with Gasteiger partial charge in [-0.2, -0.15) is 0 Å². The van der Waals surface area contributed by atoms with Crippen LogP contribution in [0.5, 0.6) is 0 Å². The Morgan fingerprint density at radius 3 is 2.35 bits per heavy atom. The Balaban J connectivity index is 2.10. The highest BCUT2D eigenvalue weighted by molar-refractivity contribution is 7.93. The molecule has 0 saturated carbocycles. The van der Waals surface area contributed by atoms with Gasteiger partial charge in [0.1, 0.15) is 0 Å². The minimum absolute atomic E-state index is 0.148. The van der Waals surface area contributed by atoms with Crippen molar-refractivity contribution in [1.29, 1.82) is 0 Å². The molecule has 1 aromatic rings. The van der Waals surface area contributed by atoms with Crippen LogP contribution in [0.25, 0.3) is 0 Å². The van der Waals surface area contributed by atoms with Gasteiger partial charge in [-0.05, 0) is 26.5 Å². The molecule has 17 heavy (non-hydrogen) atoms. The zero-order valence-corrected chi connectivity index (χ0v) is 11.3. The number of hydrogen-bond acceptors (Lipinski definition) is 3. The summed E-state index contributed by atoms with van der Waals surface area (Å²) in [6.07, 6.45) is 0. The van der Waals surface area contributed by atoms with Crippen molar-refractivity contribution >= 4 is 9.84 Å². The van der Waals surface area contributed by atoms with Crippen LogP contribution >= 0.6 is 0 Å². The van der Waals surface area contributed by atoms with Crippen LogP contribution in [0.4, 0.5) is 0 Å². The number of rotatable bonds is 3. The summed E-state index contributed by atoms with van der Waals surface area (Å²) < 4.78 is 22.9. The third-order valence-corrected chi connectivity index (χ3v) is 6.18. The van der Waals surface area contributed by atoms with E-state index < -0.39 is 9.84 Å². The maximum Gasteiger partial charge on any atom is 0.156 e. The molecule has 0 radical (unpaired) electrons. The average molecular weight is 253 g/mol. The van der Waals surface area contributed by atoms with Crippen molar-refractivity contribution in [2.75, 3.05) is 12.8 Å². The predicted octanol–water partition coefficient (Wildman–Crippen LogP) is 1.86. The Labute approximate surface area is 103 Å². The minimum Gasteiger partial charge on any atom is -0.294 e. The zero-order chi connectivity index (χ0) is 12.6. The topological polar surface area (TPSA) is 37.4 Å². The fourth-order valence-electron chi connectivity index (χ4n) is 2.35. The van der Waals surface area contributed by atoms with Crippen molar-refractivity contribution < 1.29 is 8.42 Å². The van der Waals surface area contributed by atoms with Gasteiger partial charge >= 0.3 is 0 Å². The third kappa shape index (κ3) is 2.24. The van der Waals surface area contributed by atoms with Crippen LogP contribution in [-0.4, -0.2) is 37.4 Å². The SMILES string of the molecule is C[C@@H]1[C@@H](N(C)[C@@H](C)c2ccccc2)CS1(=O)=O. The Hall–Kier alpha value is -0.870. The van der Waals surface area contributed by atoms with Crippen molar-refractivity contribution in [3.63, 3.8) is 0 Å². The van der Waals surface area contributed by atoms with Crippen LogP contribution in [0.2, 0.25) is 0 Å². The summed E-state index contributed by atoms with van der Waals surface area (Å²) in [6, 6.07) is 10.6. The van der Waals surface area contributed by atoms with Crippen molar-refractivity contribution in [3.8, 4) is 0 Å². The predicted molar refractivity (Wildman–Crippen MR) is 69.7 cm³/mol. The molecule has 0 aliphatic carbocycles. The first-order chi connectivity index (χ1) is 7.93. The summed E-state index contributed by atoms with van der Waals surface area (Å²) in [5, 5.41) is -0.237. The molecule has 1 aromatic carbocycles. The number of sulfone groups is 1. The van der Waals surface area contributed by atoms with Gasteiger partial charge in [0.15, 0.2) is 9.84 Å². The van der Waals surface area contributed by atoms with Crippen LogP contribution in [0, 0.1) is 0 Å². The summed E-state index contributed by atoms with van der Waals surface area (Å²) >= 11 is 0. The fraction of sp³-hybridized carbons (Fsp3) is 0.538. The summed E-state index contributed by atoms with van der Waals surface area (Å²) in [5.41, 5.74) is 1.23. The second-order valence-electron chi connectivity index (χ2n) is 4.85. The number of benzene rings is 1. The molecule has 3 atom stereocenters. The van der Waals surface area contributed by atoms with Crippen molar-refractivity contribution in [2.45, 2.75) is 31.2 Å². The third-order valence-electron chi connectivity index (χ3n) is 3.93. The molecule has 1 aliphatic rings. The van der Waals surface area contributed by atoms with Crippen LogP contribution in [-0.2, 0) is 9.84 Å². The average Bonchev–Trinajstić information content (AvgIpc) is 2.35. The molecule has 4 heteroatoms. The monoisotopic (exact) mass is 253 g/mol. The molecule has 1 aliphatic heterocycles. The molecule has 0 bridgehead atoms. The van der Waals surface area contributed by atoms with Crippen LogP contribution in [0.15, 0.2) is 30.3 Å². The van der Waals surface area contributed by atoms with Gasteiger partial charge in [-0.25, -0.2) is 8.42 Å². The van der Waals surface area contributed by atoms with Crippen molar-refractivity contribution in [2.24, 2.45) is 0 Å². The lowest BCUT2D eigenvalue weighted by Crippen LogP contribution is -2.58. The van der Waals surface area contributed by atoms with Crippen molar-refractivity contribution in [1.82, 2.24) is 4.90 Å². The normalized spacial score (nSPS) is 28.7.